The SMILES string of the molecule is Cc1cc(-c2noc(C(=O)NCc3ccc(Oc4ccccc4)cc3)n2)cc(C)c1O. The third-order valence-corrected chi connectivity index (χ3v) is 4.72. The lowest BCUT2D eigenvalue weighted by atomic mass is 10.1. The largest absolute Gasteiger partial charge is 0.507 e. The van der Waals surface area contributed by atoms with Crippen LogP contribution in [0, 0.1) is 13.8 Å². The zero-order valence-electron chi connectivity index (χ0n) is 17.1. The Bertz CT molecular complexity index is 1180. The van der Waals surface area contributed by atoms with Gasteiger partial charge in [-0.25, -0.2) is 0 Å². The summed E-state index contributed by atoms with van der Waals surface area (Å²) in [6.45, 7) is 3.88. The van der Waals surface area contributed by atoms with Gasteiger partial charge in [-0.05, 0) is 66.9 Å². The van der Waals surface area contributed by atoms with E-state index in [1.165, 1.54) is 0 Å². The van der Waals surface area contributed by atoms with Crippen molar-refractivity contribution < 1.29 is 19.2 Å². The molecule has 31 heavy (non-hydrogen) atoms. The standard InChI is InChI=1S/C24H21N3O4/c1-15-12-18(13-16(2)21(15)28)22-26-24(31-27-22)23(29)25-14-17-8-10-20(11-9-17)30-19-6-4-3-5-7-19/h3-13,28H,14H2,1-2H3,(H,25,29). The van der Waals surface area contributed by atoms with E-state index in [-0.39, 0.29) is 11.6 Å². The molecule has 0 fully saturated rings. The molecule has 1 heterocycles. The first kappa shape index (κ1) is 20.2. The first-order valence-electron chi connectivity index (χ1n) is 9.74. The molecule has 1 amide bonds. The van der Waals surface area contributed by atoms with Crippen LogP contribution in [0.3, 0.4) is 0 Å². The fourth-order valence-electron chi connectivity index (χ4n) is 3.08. The van der Waals surface area contributed by atoms with Gasteiger partial charge in [-0.15, -0.1) is 0 Å². The topological polar surface area (TPSA) is 97.5 Å². The number of rotatable bonds is 6. The predicted octanol–water partition coefficient (Wildman–Crippen LogP) is 4.78. The molecule has 2 N–H and O–H groups in total. The van der Waals surface area contributed by atoms with Crippen molar-refractivity contribution in [1.29, 1.82) is 0 Å². The van der Waals surface area contributed by atoms with Gasteiger partial charge >= 0.3 is 11.8 Å². The monoisotopic (exact) mass is 415 g/mol. The number of aromatic hydroxyl groups is 1. The van der Waals surface area contributed by atoms with Crippen molar-refractivity contribution in [3.63, 3.8) is 0 Å². The number of nitrogens with zero attached hydrogens (tertiary/aromatic N) is 2. The van der Waals surface area contributed by atoms with Crippen molar-refractivity contribution in [2.45, 2.75) is 20.4 Å². The number of hydrogen-bond donors (Lipinski definition) is 2. The van der Waals surface area contributed by atoms with Crippen LogP contribution in [0.2, 0.25) is 0 Å². The van der Waals surface area contributed by atoms with Crippen LogP contribution in [0.5, 0.6) is 17.2 Å². The maximum atomic E-state index is 12.4. The number of phenolic OH excluding ortho intramolecular Hbond substituents is 1. The minimum Gasteiger partial charge on any atom is -0.507 e. The highest BCUT2D eigenvalue weighted by Crippen LogP contribution is 2.27. The van der Waals surface area contributed by atoms with Gasteiger partial charge in [-0.3, -0.25) is 4.79 Å². The summed E-state index contributed by atoms with van der Waals surface area (Å²) in [7, 11) is 0. The third kappa shape index (κ3) is 4.72. The Hall–Kier alpha value is -4.13. The summed E-state index contributed by atoms with van der Waals surface area (Å²) in [5.41, 5.74) is 2.97. The number of nitrogens with one attached hydrogen (secondary N) is 1. The number of hydrogen-bond acceptors (Lipinski definition) is 6. The van der Waals surface area contributed by atoms with Crippen molar-refractivity contribution >= 4 is 5.91 Å². The van der Waals surface area contributed by atoms with E-state index in [9.17, 15) is 9.90 Å². The van der Waals surface area contributed by atoms with Crippen molar-refractivity contribution in [2.75, 3.05) is 0 Å². The summed E-state index contributed by atoms with van der Waals surface area (Å²) in [6.07, 6.45) is 0. The van der Waals surface area contributed by atoms with Gasteiger partial charge in [0.1, 0.15) is 17.2 Å². The third-order valence-electron chi connectivity index (χ3n) is 4.72. The van der Waals surface area contributed by atoms with Gasteiger partial charge in [-0.2, -0.15) is 4.98 Å². The smallest absolute Gasteiger partial charge is 0.316 e. The van der Waals surface area contributed by atoms with Gasteiger partial charge < -0.3 is 19.7 Å². The van der Waals surface area contributed by atoms with Gasteiger partial charge in [0.05, 0.1) is 0 Å². The van der Waals surface area contributed by atoms with Gasteiger partial charge in [0.25, 0.3) is 0 Å². The Balaban J connectivity index is 1.37. The van der Waals surface area contributed by atoms with Crippen LogP contribution in [0.15, 0.2) is 71.3 Å². The van der Waals surface area contributed by atoms with E-state index in [0.717, 1.165) is 11.3 Å². The summed E-state index contributed by atoms with van der Waals surface area (Å²) in [4.78, 5) is 16.6. The maximum absolute atomic E-state index is 12.4. The summed E-state index contributed by atoms with van der Waals surface area (Å²) in [6, 6.07) is 20.4. The molecule has 0 unspecified atom stereocenters. The molecule has 0 atom stereocenters. The number of aromatic nitrogens is 2. The normalized spacial score (nSPS) is 10.6. The second-order valence-corrected chi connectivity index (χ2v) is 7.12. The molecule has 0 radical (unpaired) electrons. The molecule has 0 aliphatic rings. The summed E-state index contributed by atoms with van der Waals surface area (Å²) in [5.74, 6) is 1.40. The molecule has 0 aliphatic carbocycles. The van der Waals surface area contributed by atoms with Crippen LogP contribution in [-0.4, -0.2) is 21.2 Å². The van der Waals surface area contributed by atoms with Crippen molar-refractivity contribution in [3.05, 3.63) is 89.3 Å². The number of carbonyl (C=O) groups excluding carboxylic acids is 1. The number of phenols is 1. The molecule has 4 aromatic rings. The highest BCUT2D eigenvalue weighted by molar-refractivity contribution is 5.89. The van der Waals surface area contributed by atoms with E-state index in [4.69, 9.17) is 9.26 Å². The lowest BCUT2D eigenvalue weighted by molar-refractivity contribution is 0.0907. The zero-order valence-corrected chi connectivity index (χ0v) is 17.1. The van der Waals surface area contributed by atoms with Crippen molar-refractivity contribution in [3.8, 4) is 28.6 Å². The highest BCUT2D eigenvalue weighted by atomic mass is 16.5. The molecule has 7 heteroatoms. The lowest BCUT2D eigenvalue weighted by Gasteiger charge is -2.07. The first-order valence-corrected chi connectivity index (χ1v) is 9.74. The quantitative estimate of drug-likeness (QED) is 0.470. The average Bonchev–Trinajstić information content (AvgIpc) is 3.28. The van der Waals surface area contributed by atoms with Gasteiger partial charge in [-0.1, -0.05) is 35.5 Å². The lowest BCUT2D eigenvalue weighted by Crippen LogP contribution is -2.23. The summed E-state index contributed by atoms with van der Waals surface area (Å²) < 4.78 is 10.9. The zero-order chi connectivity index (χ0) is 21.8. The maximum Gasteiger partial charge on any atom is 0.316 e. The molecular weight excluding hydrogens is 394 g/mol. The van der Waals surface area contributed by atoms with E-state index in [0.29, 0.717) is 34.8 Å². The molecule has 1 aromatic heterocycles. The van der Waals surface area contributed by atoms with Crippen LogP contribution in [0.1, 0.15) is 27.4 Å². The molecule has 0 bridgehead atoms. The Morgan fingerprint density at radius 1 is 1.00 bits per heavy atom. The molecule has 0 saturated carbocycles. The molecule has 3 aromatic carbocycles. The van der Waals surface area contributed by atoms with Crippen LogP contribution in [-0.2, 0) is 6.54 Å². The Morgan fingerprint density at radius 2 is 1.65 bits per heavy atom. The average molecular weight is 415 g/mol. The van der Waals surface area contributed by atoms with Crippen LogP contribution in [0.4, 0.5) is 0 Å². The van der Waals surface area contributed by atoms with Crippen LogP contribution < -0.4 is 10.1 Å². The van der Waals surface area contributed by atoms with Gasteiger partial charge in [0.15, 0.2) is 0 Å². The molecule has 0 spiro atoms. The fourth-order valence-corrected chi connectivity index (χ4v) is 3.08. The Morgan fingerprint density at radius 3 is 2.32 bits per heavy atom. The van der Waals surface area contributed by atoms with Crippen LogP contribution in [0.25, 0.3) is 11.4 Å². The number of carbonyl (C=O) groups is 1. The Kier molecular flexibility index (Phi) is 5.66. The van der Waals surface area contributed by atoms with Crippen molar-refractivity contribution in [2.24, 2.45) is 0 Å². The molecule has 4 rings (SSSR count). The van der Waals surface area contributed by atoms with E-state index >= 15 is 0 Å². The second-order valence-electron chi connectivity index (χ2n) is 7.12. The fraction of sp³-hybridized carbons (Fsp3) is 0.125. The first-order chi connectivity index (χ1) is 15.0. The van der Waals surface area contributed by atoms with Gasteiger partial charge in [0, 0.05) is 12.1 Å². The number of ether oxygens (including phenoxy) is 1. The predicted molar refractivity (Wildman–Crippen MR) is 115 cm³/mol. The van der Waals surface area contributed by atoms with Crippen LogP contribution >= 0.6 is 0 Å². The molecular formula is C24H21N3O4. The number of aryl methyl sites for hydroxylation is 2. The number of benzene rings is 3. The Labute approximate surface area is 179 Å². The molecule has 0 aliphatic heterocycles. The highest BCUT2D eigenvalue weighted by Gasteiger charge is 2.17. The van der Waals surface area contributed by atoms with E-state index in [1.807, 2.05) is 54.6 Å². The summed E-state index contributed by atoms with van der Waals surface area (Å²) in [5, 5.41) is 16.5. The van der Waals surface area contributed by atoms with Gasteiger partial charge in [0.2, 0.25) is 5.82 Å². The number of amides is 1. The van der Waals surface area contributed by atoms with E-state index in [2.05, 4.69) is 15.5 Å². The molecule has 0 saturated heterocycles. The minimum atomic E-state index is -0.462. The summed E-state index contributed by atoms with van der Waals surface area (Å²) >= 11 is 0. The number of para-hydroxylation sites is 1. The van der Waals surface area contributed by atoms with Crippen molar-refractivity contribution in [1.82, 2.24) is 15.5 Å². The van der Waals surface area contributed by atoms with E-state index < -0.39 is 5.91 Å². The minimum absolute atomic E-state index is 0.123. The second kappa shape index (κ2) is 8.71. The molecule has 156 valence electrons. The van der Waals surface area contributed by atoms with E-state index in [1.54, 1.807) is 26.0 Å². The molecule has 7 nitrogen and oxygen atoms in total.